The predicted molar refractivity (Wildman–Crippen MR) is 116 cm³/mol. The van der Waals surface area contributed by atoms with Crippen LogP contribution in [0.25, 0.3) is 5.69 Å². The Bertz CT molecular complexity index is 1130. The molecule has 5 nitrogen and oxygen atoms in total. The molecule has 0 fully saturated rings. The van der Waals surface area contributed by atoms with Gasteiger partial charge in [-0.15, -0.1) is 0 Å². The van der Waals surface area contributed by atoms with Gasteiger partial charge in [-0.2, -0.15) is 0 Å². The Balaban J connectivity index is 1.81. The van der Waals surface area contributed by atoms with Crippen molar-refractivity contribution in [1.29, 1.82) is 0 Å². The van der Waals surface area contributed by atoms with E-state index in [1.165, 1.54) is 0 Å². The number of hydrogen-bond acceptors (Lipinski definition) is 3. The first kappa shape index (κ1) is 20.0. The highest BCUT2D eigenvalue weighted by Gasteiger charge is 2.34. The lowest BCUT2D eigenvalue weighted by atomic mass is 9.76. The van der Waals surface area contributed by atoms with Crippen molar-refractivity contribution in [1.82, 2.24) is 4.57 Å². The Kier molecular flexibility index (Phi) is 4.98. The van der Waals surface area contributed by atoms with E-state index in [9.17, 15) is 9.59 Å². The van der Waals surface area contributed by atoms with Crippen LogP contribution in [0.5, 0.6) is 5.75 Å². The van der Waals surface area contributed by atoms with Gasteiger partial charge in [-0.25, -0.2) is 0 Å². The van der Waals surface area contributed by atoms with Crippen molar-refractivity contribution < 1.29 is 14.3 Å². The molecule has 0 radical (unpaired) electrons. The molecule has 0 aliphatic heterocycles. The molecule has 0 saturated carbocycles. The summed E-state index contributed by atoms with van der Waals surface area (Å²) in [5, 5.41) is 0. The number of aromatic nitrogens is 1. The number of nitrogens with two attached hydrogens (primary N) is 1. The number of carbonyl (C=O) groups is 2. The summed E-state index contributed by atoms with van der Waals surface area (Å²) in [6.07, 6.45) is 1.33. The van der Waals surface area contributed by atoms with E-state index >= 15 is 0 Å². The number of amides is 1. The summed E-state index contributed by atoms with van der Waals surface area (Å²) in [6.45, 7) is 6.58. The third-order valence-electron chi connectivity index (χ3n) is 5.59. The molecule has 30 heavy (non-hydrogen) atoms. The molecule has 2 N–H and O–H groups in total. The third kappa shape index (κ3) is 3.75. The Hall–Kier alpha value is -3.34. The number of Topliss-reactive ketones (excluding diaryl/α,β-unsaturated/α-hetero) is 1. The third-order valence-corrected chi connectivity index (χ3v) is 5.59. The average Bonchev–Trinajstić information content (AvgIpc) is 3.02. The van der Waals surface area contributed by atoms with E-state index in [-0.39, 0.29) is 11.2 Å². The van der Waals surface area contributed by atoms with Crippen molar-refractivity contribution >= 4 is 11.7 Å². The molecular weight excluding hydrogens is 376 g/mol. The highest BCUT2D eigenvalue weighted by atomic mass is 16.5. The van der Waals surface area contributed by atoms with Crippen LogP contribution in [0, 0.1) is 12.3 Å². The van der Waals surface area contributed by atoms with E-state index in [1.807, 2.05) is 49.4 Å². The van der Waals surface area contributed by atoms with Gasteiger partial charge in [0.15, 0.2) is 5.78 Å². The first-order valence-corrected chi connectivity index (χ1v) is 10.1. The van der Waals surface area contributed by atoms with E-state index in [2.05, 4.69) is 18.4 Å². The molecule has 154 valence electrons. The number of rotatable bonds is 5. The lowest BCUT2D eigenvalue weighted by molar-refractivity contribution is 0.0910. The number of benzene rings is 2. The second-order valence-corrected chi connectivity index (χ2v) is 8.74. The van der Waals surface area contributed by atoms with E-state index in [0.29, 0.717) is 24.3 Å². The molecule has 3 aromatic rings. The monoisotopic (exact) mass is 402 g/mol. The van der Waals surface area contributed by atoms with E-state index in [4.69, 9.17) is 10.5 Å². The Labute approximate surface area is 176 Å². The van der Waals surface area contributed by atoms with Gasteiger partial charge in [0.2, 0.25) is 5.91 Å². The number of aryl methyl sites for hydroxylation is 1. The summed E-state index contributed by atoms with van der Waals surface area (Å²) < 4.78 is 8.23. The van der Waals surface area contributed by atoms with Crippen molar-refractivity contribution in [2.75, 3.05) is 0 Å². The fraction of sp³-hybridized carbons (Fsp3) is 0.280. The number of fused-ring (bicyclic) bond motifs is 1. The molecule has 1 amide bonds. The van der Waals surface area contributed by atoms with Crippen LogP contribution in [-0.4, -0.2) is 16.3 Å². The molecule has 0 atom stereocenters. The number of primary amides is 1. The largest absolute Gasteiger partial charge is 0.487 e. The number of ether oxygens (including phenoxy) is 1. The second-order valence-electron chi connectivity index (χ2n) is 8.74. The summed E-state index contributed by atoms with van der Waals surface area (Å²) in [6, 6.07) is 17.0. The molecule has 0 saturated heterocycles. The molecule has 1 aliphatic rings. The van der Waals surface area contributed by atoms with Gasteiger partial charge in [0.05, 0.1) is 5.69 Å². The fourth-order valence-electron chi connectivity index (χ4n) is 4.19. The van der Waals surface area contributed by atoms with Gasteiger partial charge in [-0.05, 0) is 48.6 Å². The zero-order valence-corrected chi connectivity index (χ0v) is 17.6. The summed E-state index contributed by atoms with van der Waals surface area (Å²) in [4.78, 5) is 24.5. The van der Waals surface area contributed by atoms with Crippen LogP contribution < -0.4 is 10.5 Å². The highest BCUT2D eigenvalue weighted by molar-refractivity contribution is 5.99. The van der Waals surface area contributed by atoms with Crippen LogP contribution in [0.2, 0.25) is 0 Å². The standard InChI is InChI=1S/C25H26N2O3/c1-16-11-19-21(13-25(2,3)14-22(19)28)27(16)20-10-9-18(24(26)29)12-23(20)30-15-17-7-5-4-6-8-17/h4-12H,13-15H2,1-3H3,(H2,26,29). The van der Waals surface area contributed by atoms with Crippen molar-refractivity contribution in [3.63, 3.8) is 0 Å². The lowest BCUT2D eigenvalue weighted by Gasteiger charge is -2.30. The first-order valence-electron chi connectivity index (χ1n) is 10.1. The maximum atomic E-state index is 12.7. The van der Waals surface area contributed by atoms with Gasteiger partial charge < -0.3 is 15.0 Å². The minimum Gasteiger partial charge on any atom is -0.487 e. The lowest BCUT2D eigenvalue weighted by Crippen LogP contribution is -2.28. The molecule has 0 unspecified atom stereocenters. The summed E-state index contributed by atoms with van der Waals surface area (Å²) in [5.74, 6) is 0.227. The Morgan fingerprint density at radius 2 is 1.83 bits per heavy atom. The zero-order valence-electron chi connectivity index (χ0n) is 17.6. The van der Waals surface area contributed by atoms with Crippen LogP contribution in [0.4, 0.5) is 0 Å². The fourth-order valence-corrected chi connectivity index (χ4v) is 4.19. The molecule has 4 rings (SSSR count). The molecule has 0 spiro atoms. The summed E-state index contributed by atoms with van der Waals surface area (Å²) in [7, 11) is 0. The van der Waals surface area contributed by atoms with Gasteiger partial charge in [-0.1, -0.05) is 44.2 Å². The number of nitrogens with zero attached hydrogens (tertiary/aromatic N) is 1. The van der Waals surface area contributed by atoms with E-state index in [0.717, 1.165) is 34.6 Å². The van der Waals surface area contributed by atoms with Crippen molar-refractivity contribution in [3.05, 3.63) is 82.7 Å². The first-order chi connectivity index (χ1) is 14.2. The number of hydrogen-bond donors (Lipinski definition) is 1. The number of ketones is 1. The highest BCUT2D eigenvalue weighted by Crippen LogP contribution is 2.39. The van der Waals surface area contributed by atoms with Gasteiger partial charge in [0.25, 0.3) is 0 Å². The molecule has 1 aromatic heterocycles. The van der Waals surface area contributed by atoms with Gasteiger partial charge in [0.1, 0.15) is 12.4 Å². The molecule has 1 heterocycles. The normalized spacial score (nSPS) is 15.0. The summed E-state index contributed by atoms with van der Waals surface area (Å²) >= 11 is 0. The molecule has 1 aliphatic carbocycles. The topological polar surface area (TPSA) is 74.3 Å². The maximum absolute atomic E-state index is 12.7. The smallest absolute Gasteiger partial charge is 0.248 e. The van der Waals surface area contributed by atoms with E-state index in [1.54, 1.807) is 12.1 Å². The minimum absolute atomic E-state index is 0.106. The minimum atomic E-state index is -0.506. The summed E-state index contributed by atoms with van der Waals surface area (Å²) in [5.41, 5.74) is 10.3. The second kappa shape index (κ2) is 7.48. The quantitative estimate of drug-likeness (QED) is 0.677. The Morgan fingerprint density at radius 1 is 1.10 bits per heavy atom. The molecule has 2 aromatic carbocycles. The number of carbonyl (C=O) groups excluding carboxylic acids is 2. The van der Waals surface area contributed by atoms with Gasteiger partial charge in [0, 0.05) is 28.9 Å². The van der Waals surface area contributed by atoms with Crippen LogP contribution >= 0.6 is 0 Å². The molecule has 0 bridgehead atoms. The predicted octanol–water partition coefficient (Wildman–Crippen LogP) is 4.62. The molecular formula is C25H26N2O3. The van der Waals surface area contributed by atoms with E-state index < -0.39 is 5.91 Å². The van der Waals surface area contributed by atoms with Gasteiger partial charge >= 0.3 is 0 Å². The average molecular weight is 402 g/mol. The molecule has 5 heteroatoms. The maximum Gasteiger partial charge on any atom is 0.248 e. The van der Waals surface area contributed by atoms with Crippen LogP contribution in [0.3, 0.4) is 0 Å². The van der Waals surface area contributed by atoms with Crippen LogP contribution in [0.1, 0.15) is 57.9 Å². The SMILES string of the molecule is Cc1cc2c(n1-c1ccc(C(N)=O)cc1OCc1ccccc1)CC(C)(C)CC2=O. The van der Waals surface area contributed by atoms with Crippen molar-refractivity contribution in [2.45, 2.75) is 40.2 Å². The Morgan fingerprint density at radius 3 is 2.53 bits per heavy atom. The van der Waals surface area contributed by atoms with Crippen molar-refractivity contribution in [3.8, 4) is 11.4 Å². The van der Waals surface area contributed by atoms with Crippen molar-refractivity contribution in [2.24, 2.45) is 11.1 Å². The van der Waals surface area contributed by atoms with Crippen LogP contribution in [-0.2, 0) is 13.0 Å². The van der Waals surface area contributed by atoms with Gasteiger partial charge in [-0.3, -0.25) is 9.59 Å². The van der Waals surface area contributed by atoms with Crippen LogP contribution in [0.15, 0.2) is 54.6 Å². The zero-order chi connectivity index (χ0) is 21.5.